The Morgan fingerprint density at radius 3 is 2.59 bits per heavy atom. The number of rotatable bonds is 4. The van der Waals surface area contributed by atoms with Crippen molar-refractivity contribution in [1.82, 2.24) is 0 Å². The van der Waals surface area contributed by atoms with Crippen LogP contribution >= 0.6 is 15.9 Å². The predicted octanol–water partition coefficient (Wildman–Crippen LogP) is 3.98. The van der Waals surface area contributed by atoms with Crippen LogP contribution in [0.4, 0.5) is 13.2 Å². The number of ether oxygens (including phenoxy) is 1. The molecular formula is C11H10BrF3O2. The van der Waals surface area contributed by atoms with E-state index < -0.39 is 17.5 Å². The fourth-order valence-corrected chi connectivity index (χ4v) is 1.53. The first-order valence-corrected chi connectivity index (χ1v) is 5.69. The van der Waals surface area contributed by atoms with E-state index in [0.717, 1.165) is 6.07 Å². The monoisotopic (exact) mass is 310 g/mol. The molecule has 17 heavy (non-hydrogen) atoms. The van der Waals surface area contributed by atoms with Crippen LogP contribution in [0.3, 0.4) is 0 Å². The van der Waals surface area contributed by atoms with E-state index in [1.807, 2.05) is 6.92 Å². The van der Waals surface area contributed by atoms with Crippen LogP contribution in [0.15, 0.2) is 22.7 Å². The Morgan fingerprint density at radius 2 is 2.06 bits per heavy atom. The lowest BCUT2D eigenvalue weighted by molar-refractivity contribution is -0.0886. The molecule has 0 aliphatic rings. The maximum Gasteiger partial charge on any atom is 0.455 e. The van der Waals surface area contributed by atoms with Gasteiger partial charge < -0.3 is 4.74 Å². The highest BCUT2D eigenvalue weighted by molar-refractivity contribution is 9.10. The lowest BCUT2D eigenvalue weighted by atomic mass is 10.1. The summed E-state index contributed by atoms with van der Waals surface area (Å²) in [7, 11) is 0. The summed E-state index contributed by atoms with van der Waals surface area (Å²) in [6, 6.07) is 3.98. The fraction of sp³-hybridized carbons (Fsp3) is 0.364. The van der Waals surface area contributed by atoms with Crippen molar-refractivity contribution < 1.29 is 22.7 Å². The maximum atomic E-state index is 12.3. The van der Waals surface area contributed by atoms with E-state index in [1.165, 1.54) is 12.1 Å². The molecule has 0 heterocycles. The zero-order valence-electron chi connectivity index (χ0n) is 8.97. The summed E-state index contributed by atoms with van der Waals surface area (Å²) in [4.78, 5) is 11.2. The van der Waals surface area contributed by atoms with Gasteiger partial charge >= 0.3 is 6.18 Å². The summed E-state index contributed by atoms with van der Waals surface area (Å²) < 4.78 is 42.6. The zero-order chi connectivity index (χ0) is 13.1. The molecule has 0 bridgehead atoms. The molecule has 0 aliphatic heterocycles. The average Bonchev–Trinajstić information content (AvgIpc) is 2.25. The van der Waals surface area contributed by atoms with Crippen LogP contribution in [0.2, 0.25) is 0 Å². The fourth-order valence-electron chi connectivity index (χ4n) is 1.17. The molecular weight excluding hydrogens is 301 g/mol. The Kier molecular flexibility index (Phi) is 4.56. The standard InChI is InChI=1S/C11H10BrF3O2/c1-2-5-17-9-4-3-7(12)6-8(9)10(16)11(13,14)15/h3-4,6H,2,5H2,1H3. The van der Waals surface area contributed by atoms with Crippen LogP contribution in [-0.2, 0) is 0 Å². The van der Waals surface area contributed by atoms with Crippen LogP contribution in [0, 0.1) is 0 Å². The van der Waals surface area contributed by atoms with Gasteiger partial charge in [0.2, 0.25) is 0 Å². The number of halogens is 4. The summed E-state index contributed by atoms with van der Waals surface area (Å²) in [6.07, 6.45) is -4.25. The van der Waals surface area contributed by atoms with Crippen LogP contribution in [-0.4, -0.2) is 18.6 Å². The topological polar surface area (TPSA) is 26.3 Å². The Bertz CT molecular complexity index is 416. The van der Waals surface area contributed by atoms with Crippen molar-refractivity contribution in [2.24, 2.45) is 0 Å². The van der Waals surface area contributed by atoms with Crippen molar-refractivity contribution >= 4 is 21.7 Å². The highest BCUT2D eigenvalue weighted by Gasteiger charge is 2.40. The minimum Gasteiger partial charge on any atom is -0.493 e. The number of alkyl halides is 3. The smallest absolute Gasteiger partial charge is 0.455 e. The third kappa shape index (κ3) is 3.73. The molecule has 0 saturated carbocycles. The van der Waals surface area contributed by atoms with Crippen LogP contribution in [0.5, 0.6) is 5.75 Å². The molecule has 94 valence electrons. The van der Waals surface area contributed by atoms with Gasteiger partial charge in [-0.05, 0) is 24.6 Å². The Morgan fingerprint density at radius 1 is 1.41 bits per heavy atom. The molecule has 1 aromatic rings. The quantitative estimate of drug-likeness (QED) is 0.786. The van der Waals surface area contributed by atoms with Gasteiger partial charge in [-0.2, -0.15) is 13.2 Å². The summed E-state index contributed by atoms with van der Waals surface area (Å²) in [6.45, 7) is 2.09. The van der Waals surface area contributed by atoms with Gasteiger partial charge in [-0.25, -0.2) is 0 Å². The van der Waals surface area contributed by atoms with Gasteiger partial charge in [-0.15, -0.1) is 0 Å². The third-order valence-electron chi connectivity index (χ3n) is 1.91. The number of benzene rings is 1. The Hall–Kier alpha value is -1.04. The van der Waals surface area contributed by atoms with Gasteiger partial charge in [0.05, 0.1) is 12.2 Å². The normalized spacial score (nSPS) is 11.4. The van der Waals surface area contributed by atoms with E-state index >= 15 is 0 Å². The number of carbonyl (C=O) groups is 1. The summed E-state index contributed by atoms with van der Waals surface area (Å²) in [5.74, 6) is -1.94. The number of ketones is 1. The molecule has 0 saturated heterocycles. The van der Waals surface area contributed by atoms with Crippen molar-refractivity contribution in [1.29, 1.82) is 0 Å². The molecule has 6 heteroatoms. The van der Waals surface area contributed by atoms with E-state index in [0.29, 0.717) is 10.9 Å². The van der Waals surface area contributed by atoms with Gasteiger partial charge in [0, 0.05) is 4.47 Å². The van der Waals surface area contributed by atoms with E-state index in [2.05, 4.69) is 15.9 Å². The number of Topliss-reactive ketones (excluding diaryl/α,β-unsaturated/α-hetero) is 1. The van der Waals surface area contributed by atoms with Gasteiger partial charge in [0.1, 0.15) is 5.75 Å². The van der Waals surface area contributed by atoms with E-state index in [4.69, 9.17) is 4.74 Å². The molecule has 0 amide bonds. The molecule has 2 nitrogen and oxygen atoms in total. The molecule has 0 aliphatic carbocycles. The van der Waals surface area contributed by atoms with Gasteiger partial charge in [0.15, 0.2) is 0 Å². The lowest BCUT2D eigenvalue weighted by Gasteiger charge is -2.12. The van der Waals surface area contributed by atoms with Crippen LogP contribution < -0.4 is 4.74 Å². The molecule has 0 radical (unpaired) electrons. The first-order valence-electron chi connectivity index (χ1n) is 4.90. The molecule has 0 unspecified atom stereocenters. The molecule has 0 spiro atoms. The molecule has 1 aromatic carbocycles. The largest absolute Gasteiger partial charge is 0.493 e. The predicted molar refractivity (Wildman–Crippen MR) is 60.3 cm³/mol. The van der Waals surface area contributed by atoms with Crippen LogP contribution in [0.1, 0.15) is 23.7 Å². The molecule has 0 fully saturated rings. The van der Waals surface area contributed by atoms with Crippen molar-refractivity contribution in [3.8, 4) is 5.75 Å². The van der Waals surface area contributed by atoms with Gasteiger partial charge in [-0.1, -0.05) is 22.9 Å². The maximum absolute atomic E-state index is 12.3. The summed E-state index contributed by atoms with van der Waals surface area (Å²) in [5.41, 5.74) is -0.472. The van der Waals surface area contributed by atoms with E-state index in [9.17, 15) is 18.0 Å². The van der Waals surface area contributed by atoms with E-state index in [1.54, 1.807) is 0 Å². The molecule has 0 atom stereocenters. The first-order chi connectivity index (χ1) is 7.86. The molecule has 1 rings (SSSR count). The van der Waals surface area contributed by atoms with Crippen molar-refractivity contribution in [2.75, 3.05) is 6.61 Å². The zero-order valence-corrected chi connectivity index (χ0v) is 10.6. The van der Waals surface area contributed by atoms with Gasteiger partial charge in [0.25, 0.3) is 5.78 Å². The van der Waals surface area contributed by atoms with Crippen LogP contribution in [0.25, 0.3) is 0 Å². The first kappa shape index (κ1) is 14.0. The number of carbonyl (C=O) groups excluding carboxylic acids is 1. The Labute approximate surface area is 105 Å². The highest BCUT2D eigenvalue weighted by atomic mass is 79.9. The third-order valence-corrected chi connectivity index (χ3v) is 2.40. The molecule has 0 N–H and O–H groups in total. The number of hydrogen-bond acceptors (Lipinski definition) is 2. The second kappa shape index (κ2) is 5.53. The van der Waals surface area contributed by atoms with Gasteiger partial charge in [-0.3, -0.25) is 4.79 Å². The SMILES string of the molecule is CCCOc1ccc(Br)cc1C(=O)C(F)(F)F. The summed E-state index contributed by atoms with van der Waals surface area (Å²) in [5, 5.41) is 0. The highest BCUT2D eigenvalue weighted by Crippen LogP contribution is 2.30. The second-order valence-corrected chi connectivity index (χ2v) is 4.23. The molecule has 0 aromatic heterocycles. The Balaban J connectivity index is 3.11. The van der Waals surface area contributed by atoms with E-state index in [-0.39, 0.29) is 12.4 Å². The van der Waals surface area contributed by atoms with Crippen molar-refractivity contribution in [2.45, 2.75) is 19.5 Å². The average molecular weight is 311 g/mol. The minimum atomic E-state index is -4.90. The lowest BCUT2D eigenvalue weighted by Crippen LogP contribution is -2.23. The van der Waals surface area contributed by atoms with Crippen molar-refractivity contribution in [3.05, 3.63) is 28.2 Å². The number of hydrogen-bond donors (Lipinski definition) is 0. The summed E-state index contributed by atoms with van der Waals surface area (Å²) >= 11 is 3.02. The van der Waals surface area contributed by atoms with Crippen molar-refractivity contribution in [3.63, 3.8) is 0 Å². The minimum absolute atomic E-state index is 0.0441. The second-order valence-electron chi connectivity index (χ2n) is 3.32.